The van der Waals surface area contributed by atoms with Crippen LogP contribution in [0, 0.1) is 0 Å². The smallest absolute Gasteiger partial charge is 0.245 e. The molecule has 0 spiro atoms. The Morgan fingerprint density at radius 1 is 1.50 bits per heavy atom. The van der Waals surface area contributed by atoms with E-state index in [1.165, 1.54) is 0 Å². The van der Waals surface area contributed by atoms with Crippen LogP contribution < -0.4 is 10.2 Å². The van der Waals surface area contributed by atoms with Crippen LogP contribution >= 0.6 is 27.3 Å². The van der Waals surface area contributed by atoms with Gasteiger partial charge in [0.15, 0.2) is 0 Å². The summed E-state index contributed by atoms with van der Waals surface area (Å²) in [5.74, 6) is 0.625. The Hall–Kier alpha value is -1.66. The molecule has 0 bridgehead atoms. The van der Waals surface area contributed by atoms with Crippen LogP contribution in [0.15, 0.2) is 45.3 Å². The monoisotopic (exact) mass is 352 g/mol. The molecule has 104 valence electrons. The van der Waals surface area contributed by atoms with Gasteiger partial charge in [0.05, 0.1) is 24.2 Å². The van der Waals surface area contributed by atoms with E-state index in [0.29, 0.717) is 6.42 Å². The predicted molar refractivity (Wildman–Crippen MR) is 84.5 cm³/mol. The van der Waals surface area contributed by atoms with Crippen LogP contribution in [0.3, 0.4) is 0 Å². The normalized spacial score (nSPS) is 10.7. The van der Waals surface area contributed by atoms with Gasteiger partial charge < -0.3 is 4.74 Å². The van der Waals surface area contributed by atoms with Crippen molar-refractivity contribution < 1.29 is 9.53 Å². The maximum atomic E-state index is 11.6. The Morgan fingerprint density at radius 2 is 2.35 bits per heavy atom. The summed E-state index contributed by atoms with van der Waals surface area (Å²) >= 11 is 4.95. The van der Waals surface area contributed by atoms with Gasteiger partial charge in [-0.15, -0.1) is 11.3 Å². The van der Waals surface area contributed by atoms with Crippen molar-refractivity contribution in [2.45, 2.75) is 6.42 Å². The molecule has 0 radical (unpaired) electrons. The number of hydrogen-bond acceptors (Lipinski definition) is 4. The first-order valence-electron chi connectivity index (χ1n) is 5.87. The minimum atomic E-state index is -0.128. The van der Waals surface area contributed by atoms with Crippen molar-refractivity contribution >= 4 is 39.4 Å². The third kappa shape index (κ3) is 4.18. The number of amides is 1. The average molecular weight is 353 g/mol. The molecule has 0 aliphatic heterocycles. The Balaban J connectivity index is 1.89. The number of thiophene rings is 1. The van der Waals surface area contributed by atoms with Gasteiger partial charge in [-0.2, -0.15) is 5.10 Å². The number of carbonyl (C=O) groups excluding carboxylic acids is 1. The van der Waals surface area contributed by atoms with E-state index >= 15 is 0 Å². The Morgan fingerprint density at radius 3 is 3.00 bits per heavy atom. The van der Waals surface area contributed by atoms with Gasteiger partial charge in [0.25, 0.3) is 0 Å². The topological polar surface area (TPSA) is 50.7 Å². The summed E-state index contributed by atoms with van der Waals surface area (Å²) in [4.78, 5) is 12.6. The molecule has 0 saturated carbocycles. The lowest BCUT2D eigenvalue weighted by Crippen LogP contribution is -2.19. The summed E-state index contributed by atoms with van der Waals surface area (Å²) in [6.45, 7) is 0. The molecule has 0 aliphatic rings. The van der Waals surface area contributed by atoms with Gasteiger partial charge in [-0.1, -0.05) is 6.07 Å². The number of nitrogens with zero attached hydrogens (tertiary/aromatic N) is 1. The fraction of sp³-hybridized carbons (Fsp3) is 0.143. The summed E-state index contributed by atoms with van der Waals surface area (Å²) < 4.78 is 5.98. The fourth-order valence-electron chi connectivity index (χ4n) is 1.55. The van der Waals surface area contributed by atoms with E-state index in [9.17, 15) is 4.79 Å². The quantitative estimate of drug-likeness (QED) is 0.663. The molecule has 1 N–H and O–H groups in total. The van der Waals surface area contributed by atoms with E-state index in [4.69, 9.17) is 4.74 Å². The molecule has 20 heavy (non-hydrogen) atoms. The molecule has 1 amide bonds. The first-order chi connectivity index (χ1) is 9.69. The number of methoxy groups -OCH3 is 1. The van der Waals surface area contributed by atoms with E-state index in [1.54, 1.807) is 24.7 Å². The summed E-state index contributed by atoms with van der Waals surface area (Å²) in [6, 6.07) is 9.41. The lowest BCUT2D eigenvalue weighted by Gasteiger charge is -2.03. The zero-order valence-corrected chi connectivity index (χ0v) is 13.2. The van der Waals surface area contributed by atoms with Gasteiger partial charge in [0.2, 0.25) is 5.91 Å². The number of nitrogens with one attached hydrogen (secondary N) is 1. The van der Waals surface area contributed by atoms with Crippen LogP contribution in [-0.2, 0) is 11.2 Å². The van der Waals surface area contributed by atoms with Crippen molar-refractivity contribution in [2.75, 3.05) is 7.11 Å². The SMILES string of the molecule is COc1ccc(/C=N/NC(=O)Cc2cccs2)cc1Br. The highest BCUT2D eigenvalue weighted by atomic mass is 79.9. The van der Waals surface area contributed by atoms with E-state index in [2.05, 4.69) is 26.5 Å². The first-order valence-corrected chi connectivity index (χ1v) is 7.54. The molecule has 6 heteroatoms. The largest absolute Gasteiger partial charge is 0.496 e. The highest BCUT2D eigenvalue weighted by Gasteiger charge is 2.03. The van der Waals surface area contributed by atoms with Crippen molar-refractivity contribution in [2.24, 2.45) is 5.10 Å². The third-order valence-electron chi connectivity index (χ3n) is 2.49. The zero-order valence-electron chi connectivity index (χ0n) is 10.8. The first kappa shape index (κ1) is 14.7. The number of hydrazone groups is 1. The van der Waals surface area contributed by atoms with Crippen LogP contribution in [0.4, 0.5) is 0 Å². The maximum Gasteiger partial charge on any atom is 0.245 e. The standard InChI is InChI=1S/C14H13BrN2O2S/c1-19-13-5-4-10(7-12(13)15)9-16-17-14(18)8-11-3-2-6-20-11/h2-7,9H,8H2,1H3,(H,17,18)/b16-9+. The average Bonchev–Trinajstić information content (AvgIpc) is 2.92. The van der Waals surface area contributed by atoms with Gasteiger partial charge in [-0.05, 0) is 51.1 Å². The number of halogens is 1. The van der Waals surface area contributed by atoms with E-state index in [1.807, 2.05) is 35.7 Å². The number of carbonyl (C=O) groups is 1. The highest BCUT2D eigenvalue weighted by Crippen LogP contribution is 2.24. The lowest BCUT2D eigenvalue weighted by atomic mass is 10.2. The molecule has 0 aliphatic carbocycles. The third-order valence-corrected chi connectivity index (χ3v) is 3.99. The summed E-state index contributed by atoms with van der Waals surface area (Å²) in [7, 11) is 1.61. The zero-order chi connectivity index (χ0) is 14.4. The van der Waals surface area contributed by atoms with Gasteiger partial charge in [0.1, 0.15) is 5.75 Å². The molecule has 1 heterocycles. The lowest BCUT2D eigenvalue weighted by molar-refractivity contribution is -0.120. The van der Waals surface area contributed by atoms with E-state index < -0.39 is 0 Å². The Bertz CT molecular complexity index is 612. The second-order valence-electron chi connectivity index (χ2n) is 3.94. The second-order valence-corrected chi connectivity index (χ2v) is 5.83. The second kappa shape index (κ2) is 7.21. The summed E-state index contributed by atoms with van der Waals surface area (Å²) in [5, 5.41) is 5.88. The van der Waals surface area contributed by atoms with Crippen molar-refractivity contribution in [3.8, 4) is 5.75 Å². The minimum Gasteiger partial charge on any atom is -0.496 e. The van der Waals surface area contributed by atoms with E-state index in [-0.39, 0.29) is 5.91 Å². The molecule has 0 atom stereocenters. The number of benzene rings is 1. The number of ether oxygens (including phenoxy) is 1. The number of hydrogen-bond donors (Lipinski definition) is 1. The molecule has 0 unspecified atom stereocenters. The molecule has 2 aromatic rings. The van der Waals surface area contributed by atoms with Crippen LogP contribution in [0.1, 0.15) is 10.4 Å². The predicted octanol–water partition coefficient (Wildman–Crippen LogP) is 3.21. The van der Waals surface area contributed by atoms with Crippen LogP contribution in [0.5, 0.6) is 5.75 Å². The maximum absolute atomic E-state index is 11.6. The van der Waals surface area contributed by atoms with Crippen molar-refractivity contribution in [3.63, 3.8) is 0 Å². The van der Waals surface area contributed by atoms with Crippen LogP contribution in [-0.4, -0.2) is 19.2 Å². The molecule has 0 fully saturated rings. The fourth-order valence-corrected chi connectivity index (χ4v) is 2.81. The molecular formula is C14H13BrN2O2S. The molecule has 1 aromatic carbocycles. The summed E-state index contributed by atoms with van der Waals surface area (Å²) in [5.41, 5.74) is 3.38. The van der Waals surface area contributed by atoms with Gasteiger partial charge in [-0.25, -0.2) is 5.43 Å². The highest BCUT2D eigenvalue weighted by molar-refractivity contribution is 9.10. The Kier molecular flexibility index (Phi) is 5.31. The molecule has 0 saturated heterocycles. The van der Waals surface area contributed by atoms with Crippen molar-refractivity contribution in [1.29, 1.82) is 0 Å². The molecule has 4 nitrogen and oxygen atoms in total. The van der Waals surface area contributed by atoms with Gasteiger partial charge >= 0.3 is 0 Å². The van der Waals surface area contributed by atoms with Gasteiger partial charge in [0, 0.05) is 4.88 Å². The Labute approximate surface area is 129 Å². The minimum absolute atomic E-state index is 0.128. The van der Waals surface area contributed by atoms with Crippen molar-refractivity contribution in [1.82, 2.24) is 5.43 Å². The summed E-state index contributed by atoms with van der Waals surface area (Å²) in [6.07, 6.45) is 1.94. The van der Waals surface area contributed by atoms with Crippen molar-refractivity contribution in [3.05, 3.63) is 50.6 Å². The van der Waals surface area contributed by atoms with E-state index in [0.717, 1.165) is 20.7 Å². The molecule has 1 aromatic heterocycles. The van der Waals surface area contributed by atoms with Crippen LogP contribution in [0.25, 0.3) is 0 Å². The molecular weight excluding hydrogens is 340 g/mol. The number of rotatable bonds is 5. The van der Waals surface area contributed by atoms with Crippen LogP contribution in [0.2, 0.25) is 0 Å². The van der Waals surface area contributed by atoms with Gasteiger partial charge in [-0.3, -0.25) is 4.79 Å². The molecule has 2 rings (SSSR count).